The lowest BCUT2D eigenvalue weighted by molar-refractivity contribution is -0.116. The molecule has 2 aromatic heterocycles. The molecule has 2 unspecified atom stereocenters. The second-order valence-electron chi connectivity index (χ2n) is 9.23. The van der Waals surface area contributed by atoms with Crippen molar-refractivity contribution < 1.29 is 18.7 Å². The minimum absolute atomic E-state index is 0.115. The maximum Gasteiger partial charge on any atom is 0.338 e. The van der Waals surface area contributed by atoms with Crippen LogP contribution in [0.4, 0.5) is 5.69 Å². The Balaban J connectivity index is 1.43. The number of benzene rings is 2. The van der Waals surface area contributed by atoms with Crippen molar-refractivity contribution in [3.63, 3.8) is 0 Å². The molecule has 9 heteroatoms. The monoisotopic (exact) mass is 540 g/mol. The highest BCUT2D eigenvalue weighted by molar-refractivity contribution is 7.80. The van der Waals surface area contributed by atoms with E-state index in [1.807, 2.05) is 78.6 Å². The fourth-order valence-electron chi connectivity index (χ4n) is 4.77. The number of ether oxygens (including phenoxy) is 1. The van der Waals surface area contributed by atoms with Crippen LogP contribution in [0.25, 0.3) is 11.3 Å². The summed E-state index contributed by atoms with van der Waals surface area (Å²) >= 11 is 5.72. The summed E-state index contributed by atoms with van der Waals surface area (Å²) in [6, 6.07) is 23.6. The summed E-state index contributed by atoms with van der Waals surface area (Å²) in [4.78, 5) is 31.7. The van der Waals surface area contributed by atoms with Crippen LogP contribution in [0.5, 0.6) is 0 Å². The van der Waals surface area contributed by atoms with Crippen molar-refractivity contribution in [2.45, 2.75) is 25.4 Å². The number of methoxy groups -OCH3 is 1. The average molecular weight is 541 g/mol. The number of aryl methyl sites for hydroxylation is 1. The minimum atomic E-state index is -0.445. The number of aromatic nitrogens is 1. The van der Waals surface area contributed by atoms with Crippen molar-refractivity contribution in [3.8, 4) is 11.3 Å². The van der Waals surface area contributed by atoms with Gasteiger partial charge in [-0.15, -0.1) is 0 Å². The molecule has 2 atom stereocenters. The molecule has 198 valence electrons. The first-order valence-electron chi connectivity index (χ1n) is 12.6. The number of esters is 1. The van der Waals surface area contributed by atoms with E-state index in [-0.39, 0.29) is 24.4 Å². The lowest BCUT2D eigenvalue weighted by Crippen LogP contribution is -2.32. The molecule has 4 aromatic rings. The van der Waals surface area contributed by atoms with Crippen molar-refractivity contribution in [2.75, 3.05) is 19.0 Å². The maximum atomic E-state index is 12.8. The van der Waals surface area contributed by atoms with Crippen LogP contribution in [-0.2, 0) is 9.53 Å². The van der Waals surface area contributed by atoms with E-state index in [9.17, 15) is 9.59 Å². The number of carbonyl (C=O) groups excluding carboxylic acids is 2. The highest BCUT2D eigenvalue weighted by atomic mass is 32.1. The third-order valence-corrected chi connectivity index (χ3v) is 6.95. The van der Waals surface area contributed by atoms with E-state index in [0.29, 0.717) is 34.3 Å². The molecule has 1 aliphatic heterocycles. The zero-order valence-electron chi connectivity index (χ0n) is 21.6. The first kappa shape index (κ1) is 26.1. The van der Waals surface area contributed by atoms with Crippen LogP contribution >= 0.6 is 12.2 Å². The first-order valence-corrected chi connectivity index (χ1v) is 13.0. The van der Waals surface area contributed by atoms with E-state index >= 15 is 0 Å². The third kappa shape index (κ3) is 5.68. The van der Waals surface area contributed by atoms with Gasteiger partial charge in [0.25, 0.3) is 0 Å². The predicted molar refractivity (Wildman–Crippen MR) is 152 cm³/mol. The Morgan fingerprint density at radius 2 is 1.90 bits per heavy atom. The van der Waals surface area contributed by atoms with Gasteiger partial charge in [0.15, 0.2) is 5.11 Å². The number of anilines is 1. The number of thiocarbonyl (C=S) groups is 1. The summed E-state index contributed by atoms with van der Waals surface area (Å²) in [7, 11) is 1.35. The number of nitrogens with zero attached hydrogens (tertiary/aromatic N) is 2. The topological polar surface area (TPSA) is 96.7 Å². The molecule has 5 rings (SSSR count). The van der Waals surface area contributed by atoms with Crippen LogP contribution in [0.15, 0.2) is 89.5 Å². The first-order chi connectivity index (χ1) is 18.9. The zero-order chi connectivity index (χ0) is 27.4. The van der Waals surface area contributed by atoms with E-state index in [4.69, 9.17) is 21.4 Å². The van der Waals surface area contributed by atoms with Crippen molar-refractivity contribution in [1.82, 2.24) is 15.2 Å². The summed E-state index contributed by atoms with van der Waals surface area (Å²) in [5.41, 5.74) is 3.65. The molecule has 0 saturated carbocycles. The molecule has 0 spiro atoms. The van der Waals surface area contributed by atoms with Crippen molar-refractivity contribution in [2.24, 2.45) is 0 Å². The Hall–Kier alpha value is -4.50. The Bertz CT molecular complexity index is 1500. The summed E-state index contributed by atoms with van der Waals surface area (Å²) < 4.78 is 11.3. The lowest BCUT2D eigenvalue weighted by Gasteiger charge is -2.25. The number of rotatable bonds is 8. The zero-order valence-corrected chi connectivity index (χ0v) is 22.4. The molecule has 2 aromatic carbocycles. The number of furan rings is 1. The van der Waals surface area contributed by atoms with Gasteiger partial charge in [-0.3, -0.25) is 9.78 Å². The molecule has 1 fully saturated rings. The van der Waals surface area contributed by atoms with Crippen LogP contribution in [0.3, 0.4) is 0 Å². The Kier molecular flexibility index (Phi) is 7.69. The van der Waals surface area contributed by atoms with Crippen molar-refractivity contribution >= 4 is 34.9 Å². The Labute approximate surface area is 232 Å². The highest BCUT2D eigenvalue weighted by Crippen LogP contribution is 2.41. The van der Waals surface area contributed by atoms with Gasteiger partial charge in [0.2, 0.25) is 5.91 Å². The number of amides is 1. The average Bonchev–Trinajstić information content (AvgIpc) is 3.56. The molecule has 1 saturated heterocycles. The smallest absolute Gasteiger partial charge is 0.338 e. The normalized spacial score (nSPS) is 16.6. The van der Waals surface area contributed by atoms with Gasteiger partial charge in [-0.25, -0.2) is 4.79 Å². The van der Waals surface area contributed by atoms with Gasteiger partial charge >= 0.3 is 5.97 Å². The molecule has 0 radical (unpaired) electrons. The fraction of sp³-hybridized carbons (Fsp3) is 0.200. The van der Waals surface area contributed by atoms with Crippen LogP contribution in [-0.4, -0.2) is 40.5 Å². The molecule has 39 heavy (non-hydrogen) atoms. The second kappa shape index (κ2) is 11.5. The van der Waals surface area contributed by atoms with E-state index in [1.165, 1.54) is 7.11 Å². The third-order valence-electron chi connectivity index (χ3n) is 6.60. The molecular formula is C30H28N4O4S. The standard InChI is InChI=1S/C30H28N4O4S/c1-19-8-7-9-20(18-19)32-26(35)15-17-34-28(27(33-30(34)39)23-12-5-6-16-31-23)25-14-13-24(38-25)21-10-3-4-11-22(21)29(36)37-2/h3-14,16,18,27-28H,15,17H2,1-2H3,(H,32,35)(H,33,39). The van der Waals surface area contributed by atoms with Crippen LogP contribution in [0, 0.1) is 6.92 Å². The van der Waals surface area contributed by atoms with Crippen molar-refractivity contribution in [1.29, 1.82) is 0 Å². The van der Waals surface area contributed by atoms with Gasteiger partial charge in [0, 0.05) is 30.4 Å². The van der Waals surface area contributed by atoms with E-state index < -0.39 is 5.97 Å². The lowest BCUT2D eigenvalue weighted by atomic mass is 10.0. The molecular weight excluding hydrogens is 512 g/mol. The number of hydrogen-bond acceptors (Lipinski definition) is 6. The summed E-state index contributed by atoms with van der Waals surface area (Å²) in [5, 5.41) is 6.83. The van der Waals surface area contributed by atoms with Gasteiger partial charge in [-0.2, -0.15) is 0 Å². The molecule has 3 heterocycles. The maximum absolute atomic E-state index is 12.8. The highest BCUT2D eigenvalue weighted by Gasteiger charge is 2.41. The Morgan fingerprint density at radius 1 is 1.08 bits per heavy atom. The van der Waals surface area contributed by atoms with Gasteiger partial charge in [0.1, 0.15) is 17.6 Å². The van der Waals surface area contributed by atoms with Gasteiger partial charge in [0.05, 0.1) is 24.4 Å². The number of nitrogens with one attached hydrogen (secondary N) is 2. The quantitative estimate of drug-likeness (QED) is 0.225. The Morgan fingerprint density at radius 3 is 2.67 bits per heavy atom. The number of pyridine rings is 1. The van der Waals surface area contributed by atoms with Gasteiger partial charge in [-0.1, -0.05) is 36.4 Å². The molecule has 1 amide bonds. The SMILES string of the molecule is COC(=O)c1ccccc1-c1ccc(C2C(c3ccccn3)NC(=S)N2CCC(=O)Nc2cccc(C)c2)o1. The van der Waals surface area contributed by atoms with Gasteiger partial charge in [-0.05, 0) is 67.2 Å². The molecule has 1 aliphatic rings. The van der Waals surface area contributed by atoms with Crippen LogP contribution in [0.2, 0.25) is 0 Å². The van der Waals surface area contributed by atoms with Crippen LogP contribution in [0.1, 0.15) is 45.9 Å². The fourth-order valence-corrected chi connectivity index (χ4v) is 5.10. The molecule has 2 N–H and O–H groups in total. The summed E-state index contributed by atoms with van der Waals surface area (Å²) in [5.74, 6) is 0.600. The number of carbonyl (C=O) groups is 2. The van der Waals surface area contributed by atoms with Crippen molar-refractivity contribution in [3.05, 3.63) is 108 Å². The minimum Gasteiger partial charge on any atom is -0.465 e. The number of hydrogen-bond donors (Lipinski definition) is 2. The molecule has 0 bridgehead atoms. The largest absolute Gasteiger partial charge is 0.465 e. The second-order valence-corrected chi connectivity index (χ2v) is 9.61. The molecule has 8 nitrogen and oxygen atoms in total. The van der Waals surface area contributed by atoms with E-state index in [0.717, 1.165) is 16.9 Å². The summed E-state index contributed by atoms with van der Waals surface area (Å²) in [6.07, 6.45) is 1.95. The summed E-state index contributed by atoms with van der Waals surface area (Å²) in [6.45, 7) is 2.35. The predicted octanol–water partition coefficient (Wildman–Crippen LogP) is 5.44. The van der Waals surface area contributed by atoms with Gasteiger partial charge < -0.3 is 24.7 Å². The van der Waals surface area contributed by atoms with E-state index in [2.05, 4.69) is 15.6 Å². The van der Waals surface area contributed by atoms with E-state index in [1.54, 1.807) is 18.3 Å². The van der Waals surface area contributed by atoms with Crippen LogP contribution < -0.4 is 10.6 Å². The molecule has 0 aliphatic carbocycles.